The number of methoxy groups -OCH3 is 1. The van der Waals surface area contributed by atoms with E-state index in [1.54, 1.807) is 19.2 Å². The van der Waals surface area contributed by atoms with Crippen molar-refractivity contribution in [2.75, 3.05) is 26.7 Å². The second-order valence-electron chi connectivity index (χ2n) is 7.38. The number of benzene rings is 2. The van der Waals surface area contributed by atoms with Crippen LogP contribution in [-0.2, 0) is 13.2 Å². The van der Waals surface area contributed by atoms with Gasteiger partial charge in [-0.3, -0.25) is 4.90 Å². The first-order chi connectivity index (χ1) is 12.5. The first kappa shape index (κ1) is 21.5. The van der Waals surface area contributed by atoms with Gasteiger partial charge in [-0.2, -0.15) is 0 Å². The highest BCUT2D eigenvalue weighted by Crippen LogP contribution is 2.32. The molecule has 0 spiro atoms. The highest BCUT2D eigenvalue weighted by atomic mass is 35.5. The van der Waals surface area contributed by atoms with Crippen LogP contribution in [-0.4, -0.2) is 31.6 Å². The van der Waals surface area contributed by atoms with Gasteiger partial charge in [-0.25, -0.2) is 4.39 Å². The quantitative estimate of drug-likeness (QED) is 0.770. The molecule has 1 heterocycles. The fourth-order valence-electron chi connectivity index (χ4n) is 3.36. The summed E-state index contributed by atoms with van der Waals surface area (Å²) >= 11 is 0. The summed E-state index contributed by atoms with van der Waals surface area (Å²) in [5.41, 5.74) is 8.22. The monoisotopic (exact) mass is 394 g/mol. The number of nitrogens with zero attached hydrogens (tertiary/aromatic N) is 1. The largest absolute Gasteiger partial charge is 0.493 e. The molecule has 1 aliphatic heterocycles. The molecule has 0 saturated carbocycles. The molecule has 4 nitrogen and oxygen atoms in total. The van der Waals surface area contributed by atoms with E-state index in [4.69, 9.17) is 15.2 Å². The van der Waals surface area contributed by atoms with Gasteiger partial charge in [0.15, 0.2) is 11.5 Å². The summed E-state index contributed by atoms with van der Waals surface area (Å²) in [6.07, 6.45) is 1.14. The number of hydrogen-bond acceptors (Lipinski definition) is 4. The Bertz CT molecular complexity index is 741. The van der Waals surface area contributed by atoms with Gasteiger partial charge in [0.1, 0.15) is 12.4 Å². The number of rotatable bonds is 7. The van der Waals surface area contributed by atoms with Crippen LogP contribution in [0, 0.1) is 11.2 Å². The fourth-order valence-corrected chi connectivity index (χ4v) is 3.36. The molecule has 0 aliphatic carbocycles. The second kappa shape index (κ2) is 9.40. The minimum atomic E-state index is -0.247. The van der Waals surface area contributed by atoms with Crippen molar-refractivity contribution in [2.24, 2.45) is 11.1 Å². The summed E-state index contributed by atoms with van der Waals surface area (Å²) in [5, 5.41) is 0. The van der Waals surface area contributed by atoms with Gasteiger partial charge in [0.25, 0.3) is 0 Å². The van der Waals surface area contributed by atoms with Crippen molar-refractivity contribution in [1.29, 1.82) is 0 Å². The van der Waals surface area contributed by atoms with Crippen LogP contribution in [0.25, 0.3) is 0 Å². The van der Waals surface area contributed by atoms with E-state index < -0.39 is 0 Å². The normalized spacial score (nSPS) is 19.6. The van der Waals surface area contributed by atoms with E-state index in [1.165, 1.54) is 17.7 Å². The van der Waals surface area contributed by atoms with Crippen LogP contribution in [0.15, 0.2) is 42.5 Å². The van der Waals surface area contributed by atoms with Crippen molar-refractivity contribution >= 4 is 12.4 Å². The smallest absolute Gasteiger partial charge is 0.161 e. The van der Waals surface area contributed by atoms with Crippen LogP contribution in [0.2, 0.25) is 0 Å². The minimum absolute atomic E-state index is 0. The van der Waals surface area contributed by atoms with Gasteiger partial charge in [0, 0.05) is 13.1 Å². The van der Waals surface area contributed by atoms with Gasteiger partial charge in [-0.15, -0.1) is 12.4 Å². The Balaban J connectivity index is 0.00000261. The Kier molecular flexibility index (Phi) is 7.48. The molecule has 1 atom stereocenters. The first-order valence-electron chi connectivity index (χ1n) is 8.98. The van der Waals surface area contributed by atoms with E-state index in [0.717, 1.165) is 38.2 Å². The molecule has 6 heteroatoms. The summed E-state index contributed by atoms with van der Waals surface area (Å²) in [7, 11) is 1.64. The Hall–Kier alpha value is -1.82. The van der Waals surface area contributed by atoms with E-state index in [9.17, 15) is 4.39 Å². The van der Waals surface area contributed by atoms with Crippen molar-refractivity contribution in [3.05, 3.63) is 59.4 Å². The highest BCUT2D eigenvalue weighted by molar-refractivity contribution is 5.85. The zero-order valence-corrected chi connectivity index (χ0v) is 16.7. The molecule has 0 bridgehead atoms. The minimum Gasteiger partial charge on any atom is -0.493 e. The molecule has 0 aromatic heterocycles. The molecule has 1 fully saturated rings. The molecule has 1 saturated heterocycles. The molecule has 1 aliphatic rings. The lowest BCUT2D eigenvalue weighted by Crippen LogP contribution is -2.31. The zero-order chi connectivity index (χ0) is 18.6. The summed E-state index contributed by atoms with van der Waals surface area (Å²) in [5.74, 6) is 1.16. The Morgan fingerprint density at radius 2 is 1.81 bits per heavy atom. The van der Waals surface area contributed by atoms with Gasteiger partial charge < -0.3 is 15.2 Å². The average molecular weight is 395 g/mol. The highest BCUT2D eigenvalue weighted by Gasteiger charge is 2.32. The molecule has 2 N–H and O–H groups in total. The maximum atomic E-state index is 13.0. The molecular weight excluding hydrogens is 367 g/mol. The lowest BCUT2D eigenvalue weighted by molar-refractivity contribution is 0.271. The molecule has 3 rings (SSSR count). The van der Waals surface area contributed by atoms with E-state index in [2.05, 4.69) is 17.9 Å². The molecule has 148 valence electrons. The Morgan fingerprint density at radius 3 is 2.44 bits per heavy atom. The maximum absolute atomic E-state index is 13.0. The van der Waals surface area contributed by atoms with Gasteiger partial charge >= 0.3 is 0 Å². The summed E-state index contributed by atoms with van der Waals surface area (Å²) in [6, 6.07) is 12.3. The summed E-state index contributed by atoms with van der Waals surface area (Å²) in [4.78, 5) is 2.43. The lowest BCUT2D eigenvalue weighted by Gasteiger charge is -2.23. The van der Waals surface area contributed by atoms with Crippen LogP contribution in [0.4, 0.5) is 4.39 Å². The van der Waals surface area contributed by atoms with Crippen molar-refractivity contribution < 1.29 is 13.9 Å². The standard InChI is InChI=1S/C21H27FN2O2.ClH/c1-21(14-23)9-10-24(15-21)12-17-5-8-19(20(11-17)25-2)26-13-16-3-6-18(22)7-4-16;/h3-8,11H,9-10,12-15,23H2,1-2H3;1H. The third-order valence-electron chi connectivity index (χ3n) is 5.07. The Morgan fingerprint density at radius 1 is 1.11 bits per heavy atom. The molecule has 2 aromatic rings. The van der Waals surface area contributed by atoms with E-state index in [0.29, 0.717) is 18.1 Å². The van der Waals surface area contributed by atoms with Crippen molar-refractivity contribution in [2.45, 2.75) is 26.5 Å². The maximum Gasteiger partial charge on any atom is 0.161 e. The van der Waals surface area contributed by atoms with E-state index in [-0.39, 0.29) is 23.6 Å². The van der Waals surface area contributed by atoms with Gasteiger partial charge in [-0.1, -0.05) is 25.1 Å². The van der Waals surface area contributed by atoms with Gasteiger partial charge in [0.05, 0.1) is 7.11 Å². The van der Waals surface area contributed by atoms with Gasteiger partial charge in [0.2, 0.25) is 0 Å². The average Bonchev–Trinajstić information content (AvgIpc) is 3.03. The molecular formula is C21H28ClFN2O2. The van der Waals surface area contributed by atoms with Crippen LogP contribution < -0.4 is 15.2 Å². The Labute approximate surface area is 166 Å². The second-order valence-corrected chi connectivity index (χ2v) is 7.38. The van der Waals surface area contributed by atoms with Crippen LogP contribution in [0.1, 0.15) is 24.5 Å². The van der Waals surface area contributed by atoms with Crippen molar-refractivity contribution in [1.82, 2.24) is 4.90 Å². The molecule has 1 unspecified atom stereocenters. The lowest BCUT2D eigenvalue weighted by atomic mass is 9.90. The summed E-state index contributed by atoms with van der Waals surface area (Å²) < 4.78 is 24.3. The number of nitrogens with two attached hydrogens (primary N) is 1. The third-order valence-corrected chi connectivity index (χ3v) is 5.07. The third kappa shape index (κ3) is 5.58. The van der Waals surface area contributed by atoms with Crippen LogP contribution in [0.5, 0.6) is 11.5 Å². The van der Waals surface area contributed by atoms with Gasteiger partial charge in [-0.05, 0) is 60.3 Å². The number of halogens is 2. The van der Waals surface area contributed by atoms with Crippen molar-refractivity contribution in [3.63, 3.8) is 0 Å². The summed E-state index contributed by atoms with van der Waals surface area (Å²) in [6.45, 7) is 6.32. The van der Waals surface area contributed by atoms with Crippen LogP contribution in [0.3, 0.4) is 0 Å². The topological polar surface area (TPSA) is 47.7 Å². The zero-order valence-electron chi connectivity index (χ0n) is 15.9. The fraction of sp³-hybridized carbons (Fsp3) is 0.429. The number of likely N-dealkylation sites (tertiary alicyclic amines) is 1. The molecule has 2 aromatic carbocycles. The molecule has 0 radical (unpaired) electrons. The predicted molar refractivity (Wildman–Crippen MR) is 108 cm³/mol. The van der Waals surface area contributed by atoms with Crippen LogP contribution >= 0.6 is 12.4 Å². The van der Waals surface area contributed by atoms with E-state index in [1.807, 2.05) is 12.1 Å². The predicted octanol–water partition coefficient (Wildman–Crippen LogP) is 4.01. The first-order valence-corrected chi connectivity index (χ1v) is 8.98. The SMILES string of the molecule is COc1cc(CN2CCC(C)(CN)C2)ccc1OCc1ccc(F)cc1.Cl. The van der Waals surface area contributed by atoms with Crippen molar-refractivity contribution in [3.8, 4) is 11.5 Å². The van der Waals surface area contributed by atoms with E-state index >= 15 is 0 Å². The number of hydrogen-bond donors (Lipinski definition) is 1. The molecule has 0 amide bonds. The molecule has 27 heavy (non-hydrogen) atoms. The number of ether oxygens (including phenoxy) is 2.